The number of ether oxygens (including phenoxy) is 1. The van der Waals surface area contributed by atoms with Gasteiger partial charge in [-0.2, -0.15) is 26.3 Å². The summed E-state index contributed by atoms with van der Waals surface area (Å²) >= 11 is 0. The molecule has 2 aromatic rings. The average Bonchev–Trinajstić information content (AvgIpc) is 3.58. The zero-order valence-corrected chi connectivity index (χ0v) is 26.8. The fourth-order valence-corrected chi connectivity index (χ4v) is 7.56. The monoisotopic (exact) mass is 682 g/mol. The third-order valence-electron chi connectivity index (χ3n) is 9.99. The predicted octanol–water partition coefficient (Wildman–Crippen LogP) is 6.71. The summed E-state index contributed by atoms with van der Waals surface area (Å²) in [5, 5.41) is 12.2. The second kappa shape index (κ2) is 13.4. The third-order valence-corrected chi connectivity index (χ3v) is 9.99. The summed E-state index contributed by atoms with van der Waals surface area (Å²) < 4.78 is 87.3. The van der Waals surface area contributed by atoms with Crippen LogP contribution in [0.4, 0.5) is 32.0 Å². The molecule has 1 aliphatic carbocycles. The van der Waals surface area contributed by atoms with Gasteiger partial charge in [-0.05, 0) is 104 Å². The van der Waals surface area contributed by atoms with Crippen LogP contribution in [0.15, 0.2) is 29.3 Å². The highest BCUT2D eigenvalue weighted by atomic mass is 19.4. The summed E-state index contributed by atoms with van der Waals surface area (Å²) in [6.07, 6.45) is -4.48. The Hall–Kier alpha value is -3.56. The molecule has 3 heterocycles. The maximum Gasteiger partial charge on any atom is 0.416 e. The number of alkyl halides is 6. The van der Waals surface area contributed by atoms with E-state index in [-0.39, 0.29) is 42.5 Å². The van der Waals surface area contributed by atoms with E-state index >= 15 is 0 Å². The van der Waals surface area contributed by atoms with Crippen LogP contribution in [0.2, 0.25) is 0 Å². The molecule has 262 valence electrons. The molecule has 2 aromatic carbocycles. The lowest BCUT2D eigenvalue weighted by atomic mass is 9.80. The lowest BCUT2D eigenvalue weighted by Crippen LogP contribution is -2.39. The van der Waals surface area contributed by atoms with Crippen molar-refractivity contribution in [3.63, 3.8) is 0 Å². The summed E-state index contributed by atoms with van der Waals surface area (Å²) in [7, 11) is 1.59. The van der Waals surface area contributed by atoms with Gasteiger partial charge >= 0.3 is 18.3 Å². The van der Waals surface area contributed by atoms with E-state index in [1.165, 1.54) is 10.1 Å². The first-order valence-electron chi connectivity index (χ1n) is 16.3. The van der Waals surface area contributed by atoms with Crippen molar-refractivity contribution >= 4 is 17.6 Å². The molecule has 0 bridgehead atoms. The highest BCUT2D eigenvalue weighted by Crippen LogP contribution is 2.44. The molecule has 1 saturated carbocycles. The van der Waals surface area contributed by atoms with E-state index in [2.05, 4.69) is 28.9 Å². The summed E-state index contributed by atoms with van der Waals surface area (Å²) in [5.74, 6) is 0.159. The molecule has 0 aromatic heterocycles. The van der Waals surface area contributed by atoms with Crippen LogP contribution >= 0.6 is 0 Å². The van der Waals surface area contributed by atoms with Crippen LogP contribution in [0.25, 0.3) is 0 Å². The normalized spacial score (nSPS) is 24.4. The fraction of sp³-hybridized carbons (Fsp3) is 0.576. The number of hydrazine groups is 3. The van der Waals surface area contributed by atoms with Gasteiger partial charge < -0.3 is 14.7 Å². The molecular formula is C33H40F6N6O3. The molecule has 0 spiro atoms. The number of aliphatic carboxylic acids is 1. The van der Waals surface area contributed by atoms with Crippen molar-refractivity contribution in [2.75, 3.05) is 25.0 Å². The van der Waals surface area contributed by atoms with Gasteiger partial charge in [0, 0.05) is 37.8 Å². The van der Waals surface area contributed by atoms with E-state index in [0.29, 0.717) is 25.6 Å². The van der Waals surface area contributed by atoms with Crippen molar-refractivity contribution in [3.8, 4) is 0 Å². The van der Waals surface area contributed by atoms with Gasteiger partial charge in [0.25, 0.3) is 0 Å². The number of carboxylic acid groups (broad SMARTS) is 1. The number of hydrogen-bond acceptors (Lipinski definition) is 6. The standard InChI is InChI=1S/C33H40F6N6O3/c1-19-27-18-48-17-23(27)13-26-28(4-3-9-44(30(19)26)15-21-7-5-20(6-8-21)12-29(46)47)40-31-41-42-43(2)45(31)16-22-10-24(32(34,35)36)14-25(11-22)33(37,38)39/h10-11,13-14,20-21,28,42H,3-9,12,15-18H2,1-2H3,(H,40,41)(H,46,47)/t20?,21?,28-/m0/s1. The first-order chi connectivity index (χ1) is 22.7. The quantitative estimate of drug-likeness (QED) is 0.278. The van der Waals surface area contributed by atoms with Crippen molar-refractivity contribution < 1.29 is 41.0 Å². The second-order valence-corrected chi connectivity index (χ2v) is 13.3. The van der Waals surface area contributed by atoms with Crippen LogP contribution in [-0.2, 0) is 41.6 Å². The molecule has 0 radical (unpaired) electrons. The van der Waals surface area contributed by atoms with Crippen LogP contribution in [0.1, 0.15) is 89.9 Å². The maximum absolute atomic E-state index is 13.6. The fourth-order valence-electron chi connectivity index (χ4n) is 7.56. The molecule has 0 amide bonds. The van der Waals surface area contributed by atoms with E-state index in [4.69, 9.17) is 9.73 Å². The summed E-state index contributed by atoms with van der Waals surface area (Å²) in [6, 6.07) is 3.40. The van der Waals surface area contributed by atoms with Gasteiger partial charge in [-0.3, -0.25) is 15.2 Å². The van der Waals surface area contributed by atoms with Crippen molar-refractivity contribution in [1.82, 2.24) is 21.1 Å². The van der Waals surface area contributed by atoms with Crippen LogP contribution in [-0.4, -0.2) is 47.3 Å². The second-order valence-electron chi connectivity index (χ2n) is 13.3. The molecule has 9 nitrogen and oxygen atoms in total. The highest BCUT2D eigenvalue weighted by Gasteiger charge is 2.38. The lowest BCUT2D eigenvalue weighted by Gasteiger charge is -2.35. The molecule has 6 rings (SSSR count). The summed E-state index contributed by atoms with van der Waals surface area (Å²) in [5.41, 5.74) is 8.38. The molecule has 3 N–H and O–H groups in total. The van der Waals surface area contributed by atoms with E-state index < -0.39 is 29.4 Å². The average molecular weight is 683 g/mol. The molecule has 15 heteroatoms. The van der Waals surface area contributed by atoms with Crippen molar-refractivity contribution in [2.45, 2.75) is 90.0 Å². The number of benzene rings is 2. The highest BCUT2D eigenvalue weighted by molar-refractivity contribution is 5.81. The number of nitrogens with one attached hydrogen (secondary N) is 2. The Morgan fingerprint density at radius 1 is 0.979 bits per heavy atom. The number of carbonyl (C=O) groups is 1. The van der Waals surface area contributed by atoms with Gasteiger partial charge in [0.1, 0.15) is 0 Å². The zero-order chi connectivity index (χ0) is 34.4. The van der Waals surface area contributed by atoms with Crippen LogP contribution < -0.4 is 15.9 Å². The van der Waals surface area contributed by atoms with Gasteiger partial charge in [-0.15, -0.1) is 10.7 Å². The molecular weight excluding hydrogens is 642 g/mol. The van der Waals surface area contributed by atoms with Gasteiger partial charge in [-0.25, -0.2) is 4.99 Å². The number of nitrogens with zero attached hydrogens (tertiary/aromatic N) is 4. The molecule has 1 saturated heterocycles. The van der Waals surface area contributed by atoms with Crippen molar-refractivity contribution in [3.05, 3.63) is 63.2 Å². The number of fused-ring (bicyclic) bond motifs is 2. The number of aliphatic imine (C=N–C) groups is 1. The minimum atomic E-state index is -4.95. The first kappa shape index (κ1) is 34.3. The lowest BCUT2D eigenvalue weighted by molar-refractivity contribution is -0.143. The van der Waals surface area contributed by atoms with E-state index in [0.717, 1.165) is 85.3 Å². The van der Waals surface area contributed by atoms with Crippen LogP contribution in [0, 0.1) is 18.8 Å². The maximum atomic E-state index is 13.6. The third kappa shape index (κ3) is 7.37. The molecule has 0 unspecified atom stereocenters. The smallest absolute Gasteiger partial charge is 0.416 e. The Kier molecular flexibility index (Phi) is 9.57. The first-order valence-corrected chi connectivity index (χ1v) is 16.3. The number of rotatable bonds is 7. The Morgan fingerprint density at radius 2 is 1.65 bits per heavy atom. The Labute approximate surface area is 274 Å². The van der Waals surface area contributed by atoms with Crippen molar-refractivity contribution in [2.24, 2.45) is 16.8 Å². The van der Waals surface area contributed by atoms with Crippen molar-refractivity contribution in [1.29, 1.82) is 0 Å². The summed E-state index contributed by atoms with van der Waals surface area (Å²) in [6.45, 7) is 4.43. The van der Waals surface area contributed by atoms with E-state index in [9.17, 15) is 36.2 Å². The minimum absolute atomic E-state index is 0.128. The SMILES string of the molecule is Cc1c2c(cc3c1N(CC1CCC(CC(=O)O)CC1)CCC[C@@H]3N=C1NNN(C)N1Cc1cc(C(F)(F)F)cc(C(F)(F)F)c1)COC2. The van der Waals surface area contributed by atoms with Gasteiger partial charge in [0.05, 0.1) is 36.9 Å². The molecule has 1 atom stereocenters. The Morgan fingerprint density at radius 3 is 2.29 bits per heavy atom. The van der Waals surface area contributed by atoms with E-state index in [1.54, 1.807) is 7.05 Å². The zero-order valence-electron chi connectivity index (χ0n) is 26.8. The topological polar surface area (TPSA) is 92.7 Å². The van der Waals surface area contributed by atoms with Gasteiger partial charge in [0.15, 0.2) is 0 Å². The number of carboxylic acids is 1. The van der Waals surface area contributed by atoms with Crippen LogP contribution in [0.3, 0.4) is 0 Å². The van der Waals surface area contributed by atoms with Gasteiger partial charge in [-0.1, -0.05) is 0 Å². The van der Waals surface area contributed by atoms with Gasteiger partial charge in [0.2, 0.25) is 5.96 Å². The molecule has 3 aliphatic heterocycles. The number of guanidine groups is 1. The number of anilines is 1. The minimum Gasteiger partial charge on any atom is -0.481 e. The Bertz CT molecular complexity index is 1520. The summed E-state index contributed by atoms with van der Waals surface area (Å²) in [4.78, 5) is 18.7. The predicted molar refractivity (Wildman–Crippen MR) is 165 cm³/mol. The van der Waals surface area contributed by atoms with Crippen LogP contribution in [0.5, 0.6) is 0 Å². The Balaban J connectivity index is 1.30. The number of hydrogen-bond donors (Lipinski definition) is 3. The molecule has 4 aliphatic rings. The van der Waals surface area contributed by atoms with E-state index in [1.807, 2.05) is 0 Å². The largest absolute Gasteiger partial charge is 0.481 e. The molecule has 48 heavy (non-hydrogen) atoms. The molecule has 2 fully saturated rings. The number of halogens is 6.